The van der Waals surface area contributed by atoms with Gasteiger partial charge in [0.15, 0.2) is 0 Å². The topological polar surface area (TPSA) is 50.4 Å². The molecule has 4 nitrogen and oxygen atoms in total. The monoisotopic (exact) mass is 186 g/mol. The molecule has 1 heterocycles. The van der Waals surface area contributed by atoms with E-state index in [2.05, 4.69) is 17.6 Å². The summed E-state index contributed by atoms with van der Waals surface area (Å²) >= 11 is 0. The van der Waals surface area contributed by atoms with Crippen molar-refractivity contribution in [2.75, 3.05) is 13.2 Å². The molecule has 0 bridgehead atoms. The van der Waals surface area contributed by atoms with Crippen LogP contribution >= 0.6 is 0 Å². The molecule has 13 heavy (non-hydrogen) atoms. The van der Waals surface area contributed by atoms with Gasteiger partial charge in [-0.05, 0) is 26.7 Å². The van der Waals surface area contributed by atoms with E-state index < -0.39 is 0 Å². The molecule has 0 aliphatic carbocycles. The number of hydrogen-bond acceptors (Lipinski definition) is 3. The fraction of sp³-hybridized carbons (Fsp3) is 0.889. The predicted molar refractivity (Wildman–Crippen MR) is 50.6 cm³/mol. The Kier molecular flexibility index (Phi) is 4.02. The fourth-order valence-corrected chi connectivity index (χ4v) is 1.46. The Labute approximate surface area is 79.0 Å². The zero-order valence-corrected chi connectivity index (χ0v) is 8.30. The number of nitrogens with one attached hydrogen (secondary N) is 2. The third-order valence-electron chi connectivity index (χ3n) is 2.26. The fourth-order valence-electron chi connectivity index (χ4n) is 1.46. The number of ether oxygens (including phenoxy) is 1. The standard InChI is InChI=1S/C9H18N2O2/c1-3-13-9(12)11-8-5-4-7(2)10-6-8/h7-8,10H,3-6H2,1-2H3,(H,11,12). The Morgan fingerprint density at radius 2 is 2.38 bits per heavy atom. The van der Waals surface area contributed by atoms with Crippen molar-refractivity contribution in [1.29, 1.82) is 0 Å². The van der Waals surface area contributed by atoms with E-state index in [0.29, 0.717) is 12.6 Å². The van der Waals surface area contributed by atoms with Gasteiger partial charge in [-0.25, -0.2) is 4.79 Å². The Morgan fingerprint density at radius 3 is 2.92 bits per heavy atom. The zero-order chi connectivity index (χ0) is 9.68. The van der Waals surface area contributed by atoms with E-state index >= 15 is 0 Å². The van der Waals surface area contributed by atoms with Crippen molar-refractivity contribution < 1.29 is 9.53 Å². The first-order valence-electron chi connectivity index (χ1n) is 4.89. The van der Waals surface area contributed by atoms with E-state index in [-0.39, 0.29) is 12.1 Å². The number of hydrogen-bond donors (Lipinski definition) is 2. The molecule has 2 atom stereocenters. The molecule has 0 saturated carbocycles. The number of alkyl carbamates (subject to hydrolysis) is 1. The maximum Gasteiger partial charge on any atom is 0.407 e. The predicted octanol–water partition coefficient (Wildman–Crippen LogP) is 0.873. The summed E-state index contributed by atoms with van der Waals surface area (Å²) in [5.74, 6) is 0. The lowest BCUT2D eigenvalue weighted by Crippen LogP contribution is -2.48. The van der Waals surface area contributed by atoms with Crippen LogP contribution in [0.4, 0.5) is 4.79 Å². The van der Waals surface area contributed by atoms with E-state index in [1.54, 1.807) is 6.92 Å². The highest BCUT2D eigenvalue weighted by Crippen LogP contribution is 2.07. The quantitative estimate of drug-likeness (QED) is 0.673. The molecule has 1 saturated heterocycles. The Bertz CT molecular complexity index is 165. The summed E-state index contributed by atoms with van der Waals surface area (Å²) in [5, 5.41) is 6.13. The first-order valence-corrected chi connectivity index (χ1v) is 4.89. The number of carbonyl (C=O) groups excluding carboxylic acids is 1. The molecule has 1 aliphatic rings. The van der Waals surface area contributed by atoms with E-state index in [4.69, 9.17) is 4.74 Å². The van der Waals surface area contributed by atoms with Crippen LogP contribution in [0.2, 0.25) is 0 Å². The molecule has 1 aliphatic heterocycles. The van der Waals surface area contributed by atoms with Crippen LogP contribution in [-0.4, -0.2) is 31.3 Å². The molecule has 1 fully saturated rings. The van der Waals surface area contributed by atoms with E-state index in [1.165, 1.54) is 0 Å². The normalized spacial score (nSPS) is 28.2. The smallest absolute Gasteiger partial charge is 0.407 e. The molecule has 4 heteroatoms. The van der Waals surface area contributed by atoms with Gasteiger partial charge in [0.1, 0.15) is 0 Å². The van der Waals surface area contributed by atoms with Crippen LogP contribution < -0.4 is 10.6 Å². The Hall–Kier alpha value is -0.770. The lowest BCUT2D eigenvalue weighted by molar-refractivity contribution is 0.145. The van der Waals surface area contributed by atoms with Crippen LogP contribution in [-0.2, 0) is 4.74 Å². The molecule has 76 valence electrons. The lowest BCUT2D eigenvalue weighted by atomic mass is 10.0. The van der Waals surface area contributed by atoms with Gasteiger partial charge in [0.25, 0.3) is 0 Å². The Morgan fingerprint density at radius 1 is 1.62 bits per heavy atom. The van der Waals surface area contributed by atoms with E-state index in [0.717, 1.165) is 19.4 Å². The van der Waals surface area contributed by atoms with E-state index in [1.807, 2.05) is 0 Å². The van der Waals surface area contributed by atoms with Crippen LogP contribution in [0.25, 0.3) is 0 Å². The molecule has 2 N–H and O–H groups in total. The maximum absolute atomic E-state index is 11.0. The van der Waals surface area contributed by atoms with Crippen molar-refractivity contribution in [2.24, 2.45) is 0 Å². The number of piperidine rings is 1. The summed E-state index contributed by atoms with van der Waals surface area (Å²) in [6.45, 7) is 5.24. The van der Waals surface area contributed by atoms with Gasteiger partial charge in [-0.3, -0.25) is 0 Å². The molecule has 1 amide bonds. The average molecular weight is 186 g/mol. The largest absolute Gasteiger partial charge is 0.450 e. The summed E-state index contributed by atoms with van der Waals surface area (Å²) in [7, 11) is 0. The first-order chi connectivity index (χ1) is 6.22. The van der Waals surface area contributed by atoms with Crippen molar-refractivity contribution in [1.82, 2.24) is 10.6 Å². The lowest BCUT2D eigenvalue weighted by Gasteiger charge is -2.27. The third-order valence-corrected chi connectivity index (χ3v) is 2.26. The van der Waals surface area contributed by atoms with Gasteiger partial charge in [0.2, 0.25) is 0 Å². The summed E-state index contributed by atoms with van der Waals surface area (Å²) < 4.78 is 4.79. The van der Waals surface area contributed by atoms with Gasteiger partial charge in [-0.1, -0.05) is 0 Å². The SMILES string of the molecule is CCOC(=O)NC1CCC(C)NC1. The summed E-state index contributed by atoms with van der Waals surface area (Å²) in [6, 6.07) is 0.801. The highest BCUT2D eigenvalue weighted by Gasteiger charge is 2.19. The van der Waals surface area contributed by atoms with Gasteiger partial charge >= 0.3 is 6.09 Å². The molecule has 0 spiro atoms. The Balaban J connectivity index is 2.18. The van der Waals surface area contributed by atoms with Crippen molar-refractivity contribution in [3.63, 3.8) is 0 Å². The molecular weight excluding hydrogens is 168 g/mol. The minimum atomic E-state index is -0.302. The average Bonchev–Trinajstić information content (AvgIpc) is 2.09. The van der Waals surface area contributed by atoms with Gasteiger partial charge in [0.05, 0.1) is 6.61 Å². The minimum absolute atomic E-state index is 0.232. The van der Waals surface area contributed by atoms with Gasteiger partial charge in [-0.15, -0.1) is 0 Å². The summed E-state index contributed by atoms with van der Waals surface area (Å²) in [4.78, 5) is 11.0. The first kappa shape index (κ1) is 10.3. The molecular formula is C9H18N2O2. The number of amides is 1. The minimum Gasteiger partial charge on any atom is -0.450 e. The second-order valence-electron chi connectivity index (χ2n) is 3.45. The van der Waals surface area contributed by atoms with Crippen LogP contribution in [0.1, 0.15) is 26.7 Å². The van der Waals surface area contributed by atoms with Crippen LogP contribution in [0, 0.1) is 0 Å². The maximum atomic E-state index is 11.0. The van der Waals surface area contributed by atoms with Crippen molar-refractivity contribution in [3.05, 3.63) is 0 Å². The molecule has 2 unspecified atom stereocenters. The number of carbonyl (C=O) groups is 1. The van der Waals surface area contributed by atoms with Gasteiger partial charge in [-0.2, -0.15) is 0 Å². The van der Waals surface area contributed by atoms with Crippen molar-refractivity contribution in [2.45, 2.75) is 38.8 Å². The highest BCUT2D eigenvalue weighted by molar-refractivity contribution is 5.67. The summed E-state index contributed by atoms with van der Waals surface area (Å²) in [5.41, 5.74) is 0. The summed E-state index contributed by atoms with van der Waals surface area (Å²) in [6.07, 6.45) is 1.84. The molecule has 1 rings (SSSR count). The molecule has 0 aromatic heterocycles. The van der Waals surface area contributed by atoms with Gasteiger partial charge < -0.3 is 15.4 Å². The van der Waals surface area contributed by atoms with Crippen molar-refractivity contribution >= 4 is 6.09 Å². The van der Waals surface area contributed by atoms with Crippen LogP contribution in [0.5, 0.6) is 0 Å². The second-order valence-corrected chi connectivity index (χ2v) is 3.45. The van der Waals surface area contributed by atoms with Crippen molar-refractivity contribution in [3.8, 4) is 0 Å². The molecule has 0 aromatic carbocycles. The van der Waals surface area contributed by atoms with Crippen LogP contribution in [0.15, 0.2) is 0 Å². The zero-order valence-electron chi connectivity index (χ0n) is 8.30. The number of rotatable bonds is 2. The van der Waals surface area contributed by atoms with Crippen LogP contribution in [0.3, 0.4) is 0 Å². The molecule has 0 aromatic rings. The third kappa shape index (κ3) is 3.63. The van der Waals surface area contributed by atoms with E-state index in [9.17, 15) is 4.79 Å². The second kappa shape index (κ2) is 5.07. The van der Waals surface area contributed by atoms with Gasteiger partial charge in [0, 0.05) is 18.6 Å². The highest BCUT2D eigenvalue weighted by atomic mass is 16.5. The molecule has 0 radical (unpaired) electrons.